The third kappa shape index (κ3) is 10.7. The van der Waals surface area contributed by atoms with Gasteiger partial charge in [-0.15, -0.1) is 0 Å². The lowest BCUT2D eigenvalue weighted by atomic mass is 10.1. The highest BCUT2D eigenvalue weighted by Gasteiger charge is 2.07. The molecule has 1 unspecified atom stereocenters. The zero-order valence-corrected chi connectivity index (χ0v) is 13.9. The van der Waals surface area contributed by atoms with E-state index in [1.165, 1.54) is 25.7 Å². The third-order valence-corrected chi connectivity index (χ3v) is 3.88. The zero-order chi connectivity index (χ0) is 16.6. The molecule has 1 N–H and O–H groups in total. The first-order valence-corrected chi connectivity index (χ1v) is 8.64. The van der Waals surface area contributed by atoms with Crippen LogP contribution in [-0.2, 0) is 11.3 Å². The van der Waals surface area contributed by atoms with E-state index in [0.717, 1.165) is 31.2 Å². The normalized spacial score (nSPS) is 11.9. The number of unbranched alkanes of at least 4 members (excludes halogenated alkanes) is 6. The Balaban J connectivity index is 1.97. The molecular weight excluding hydrogens is 290 g/mol. The number of aliphatic hydroxyl groups excluding tert-OH is 1. The molecule has 128 valence electrons. The molecule has 0 aliphatic rings. The van der Waals surface area contributed by atoms with E-state index in [1.54, 1.807) is 0 Å². The predicted octanol–water partition coefficient (Wildman–Crippen LogP) is 5.00. The van der Waals surface area contributed by atoms with Crippen molar-refractivity contribution in [2.75, 3.05) is 13.2 Å². The van der Waals surface area contributed by atoms with Crippen LogP contribution in [0.3, 0.4) is 0 Å². The van der Waals surface area contributed by atoms with Gasteiger partial charge in [0, 0.05) is 11.5 Å². The highest BCUT2D eigenvalue weighted by atomic mass is 16.5. The maximum Gasteiger partial charge on any atom is 0.0810 e. The van der Waals surface area contributed by atoms with Crippen molar-refractivity contribution < 1.29 is 9.84 Å². The van der Waals surface area contributed by atoms with Crippen LogP contribution in [0.1, 0.15) is 56.9 Å². The molecule has 1 aromatic carbocycles. The molecule has 5 heteroatoms. The molecule has 0 spiro atoms. The standard InChI is InChI=1S/C18H29N3O2/c19-21-20-14-10-5-3-1-2-4-9-13-18(15-22)23-16-17-11-7-6-8-12-17/h6-8,11-12,18,22H,1-5,9-10,13-16H2. The Bertz CT molecular complexity index is 433. The Morgan fingerprint density at radius 1 is 1.00 bits per heavy atom. The second-order valence-corrected chi connectivity index (χ2v) is 5.82. The second kappa shape index (κ2) is 14.1. The lowest BCUT2D eigenvalue weighted by Crippen LogP contribution is -2.17. The molecule has 0 fully saturated rings. The first-order valence-electron chi connectivity index (χ1n) is 8.64. The van der Waals surface area contributed by atoms with Crippen LogP contribution >= 0.6 is 0 Å². The number of nitrogens with zero attached hydrogens (tertiary/aromatic N) is 3. The summed E-state index contributed by atoms with van der Waals surface area (Å²) in [6.07, 6.45) is 8.92. The molecule has 1 atom stereocenters. The average molecular weight is 319 g/mol. The second-order valence-electron chi connectivity index (χ2n) is 5.82. The van der Waals surface area contributed by atoms with Crippen molar-refractivity contribution in [2.45, 2.75) is 64.1 Å². The Labute approximate surface area is 139 Å². The monoisotopic (exact) mass is 319 g/mol. The van der Waals surface area contributed by atoms with Gasteiger partial charge >= 0.3 is 0 Å². The van der Waals surface area contributed by atoms with E-state index >= 15 is 0 Å². The molecule has 0 saturated carbocycles. The first-order chi connectivity index (χ1) is 11.4. The van der Waals surface area contributed by atoms with Gasteiger partial charge in [0.05, 0.1) is 19.3 Å². The van der Waals surface area contributed by atoms with Crippen molar-refractivity contribution in [3.63, 3.8) is 0 Å². The SMILES string of the molecule is [N-]=[N+]=NCCCCCCCCCC(CO)OCc1ccccc1. The van der Waals surface area contributed by atoms with Crippen LogP contribution in [0.25, 0.3) is 10.4 Å². The number of azide groups is 1. The van der Waals surface area contributed by atoms with Crippen molar-refractivity contribution in [1.82, 2.24) is 0 Å². The summed E-state index contributed by atoms with van der Waals surface area (Å²) >= 11 is 0. The number of hydrogen-bond donors (Lipinski definition) is 1. The molecule has 1 rings (SSSR count). The minimum Gasteiger partial charge on any atom is -0.394 e. The Kier molecular flexibility index (Phi) is 11.9. The summed E-state index contributed by atoms with van der Waals surface area (Å²) < 4.78 is 5.77. The summed E-state index contributed by atoms with van der Waals surface area (Å²) in [5, 5.41) is 12.9. The first kappa shape index (κ1) is 19.5. The fourth-order valence-corrected chi connectivity index (χ4v) is 2.50. The third-order valence-electron chi connectivity index (χ3n) is 3.88. The van der Waals surface area contributed by atoms with E-state index in [4.69, 9.17) is 10.3 Å². The van der Waals surface area contributed by atoms with Crippen molar-refractivity contribution in [3.8, 4) is 0 Å². The molecule has 1 aromatic rings. The highest BCUT2D eigenvalue weighted by Crippen LogP contribution is 2.12. The van der Waals surface area contributed by atoms with E-state index in [1.807, 2.05) is 30.3 Å². The summed E-state index contributed by atoms with van der Waals surface area (Å²) in [7, 11) is 0. The predicted molar refractivity (Wildman–Crippen MR) is 93.1 cm³/mol. The van der Waals surface area contributed by atoms with Crippen LogP contribution in [0.4, 0.5) is 0 Å². The summed E-state index contributed by atoms with van der Waals surface area (Å²) in [5.41, 5.74) is 9.31. The van der Waals surface area contributed by atoms with Crippen LogP contribution in [0.5, 0.6) is 0 Å². The van der Waals surface area contributed by atoms with Crippen LogP contribution < -0.4 is 0 Å². The van der Waals surface area contributed by atoms with Gasteiger partial charge in [-0.3, -0.25) is 0 Å². The van der Waals surface area contributed by atoms with Crippen LogP contribution in [-0.4, -0.2) is 24.4 Å². The van der Waals surface area contributed by atoms with Gasteiger partial charge in [0.15, 0.2) is 0 Å². The smallest absolute Gasteiger partial charge is 0.0810 e. The molecular formula is C18H29N3O2. The molecule has 0 heterocycles. The Hall–Kier alpha value is -1.55. The number of benzene rings is 1. The minimum atomic E-state index is -0.0564. The highest BCUT2D eigenvalue weighted by molar-refractivity contribution is 5.13. The van der Waals surface area contributed by atoms with E-state index < -0.39 is 0 Å². The van der Waals surface area contributed by atoms with Gasteiger partial charge in [-0.05, 0) is 23.9 Å². The van der Waals surface area contributed by atoms with E-state index in [0.29, 0.717) is 13.2 Å². The number of hydrogen-bond acceptors (Lipinski definition) is 3. The molecule has 0 aromatic heterocycles. The molecule has 23 heavy (non-hydrogen) atoms. The van der Waals surface area contributed by atoms with Gasteiger partial charge in [0.1, 0.15) is 0 Å². The molecule has 0 saturated heterocycles. The van der Waals surface area contributed by atoms with Crippen LogP contribution in [0, 0.1) is 0 Å². The van der Waals surface area contributed by atoms with E-state index in [9.17, 15) is 5.11 Å². The summed E-state index contributed by atoms with van der Waals surface area (Å²) in [5.74, 6) is 0. The van der Waals surface area contributed by atoms with Gasteiger partial charge < -0.3 is 9.84 Å². The average Bonchev–Trinajstić information content (AvgIpc) is 2.60. The fraction of sp³-hybridized carbons (Fsp3) is 0.667. The van der Waals surface area contributed by atoms with Gasteiger partial charge in [-0.25, -0.2) is 0 Å². The van der Waals surface area contributed by atoms with Crippen molar-refractivity contribution in [3.05, 3.63) is 46.3 Å². The molecule has 5 nitrogen and oxygen atoms in total. The number of ether oxygens (including phenoxy) is 1. The summed E-state index contributed by atoms with van der Waals surface area (Å²) in [4.78, 5) is 2.75. The lowest BCUT2D eigenvalue weighted by molar-refractivity contribution is -0.00348. The molecule has 0 bridgehead atoms. The zero-order valence-electron chi connectivity index (χ0n) is 13.9. The maximum atomic E-state index is 9.39. The van der Waals surface area contributed by atoms with Gasteiger partial charge in [0.2, 0.25) is 0 Å². The van der Waals surface area contributed by atoms with Gasteiger partial charge in [0.25, 0.3) is 0 Å². The molecule has 0 aliphatic heterocycles. The van der Waals surface area contributed by atoms with Crippen molar-refractivity contribution >= 4 is 0 Å². The van der Waals surface area contributed by atoms with E-state index in [-0.39, 0.29) is 12.7 Å². The van der Waals surface area contributed by atoms with Crippen LogP contribution in [0.15, 0.2) is 35.4 Å². The largest absolute Gasteiger partial charge is 0.394 e. The summed E-state index contributed by atoms with van der Waals surface area (Å²) in [6.45, 7) is 1.27. The molecule has 0 aliphatic carbocycles. The van der Waals surface area contributed by atoms with Gasteiger partial charge in [-0.2, -0.15) is 0 Å². The Morgan fingerprint density at radius 2 is 1.65 bits per heavy atom. The van der Waals surface area contributed by atoms with Crippen molar-refractivity contribution in [1.29, 1.82) is 0 Å². The van der Waals surface area contributed by atoms with Gasteiger partial charge in [-0.1, -0.05) is 74.0 Å². The quantitative estimate of drug-likeness (QED) is 0.227. The fourth-order valence-electron chi connectivity index (χ4n) is 2.50. The number of aliphatic hydroxyl groups is 1. The summed E-state index contributed by atoms with van der Waals surface area (Å²) in [6, 6.07) is 10.1. The molecule has 0 radical (unpaired) electrons. The Morgan fingerprint density at radius 3 is 2.30 bits per heavy atom. The van der Waals surface area contributed by atoms with Crippen molar-refractivity contribution in [2.24, 2.45) is 5.11 Å². The van der Waals surface area contributed by atoms with E-state index in [2.05, 4.69) is 10.0 Å². The number of rotatable bonds is 14. The minimum absolute atomic E-state index is 0.0564. The molecule has 0 amide bonds. The van der Waals surface area contributed by atoms with Crippen LogP contribution in [0.2, 0.25) is 0 Å². The topological polar surface area (TPSA) is 78.2 Å². The lowest BCUT2D eigenvalue weighted by Gasteiger charge is -2.15. The maximum absolute atomic E-state index is 9.39.